The van der Waals surface area contributed by atoms with E-state index in [0.717, 1.165) is 42.2 Å². The summed E-state index contributed by atoms with van der Waals surface area (Å²) in [5.74, 6) is 5.19. The fraction of sp³-hybridized carbons (Fsp3) is 0.407. The molecule has 3 atom stereocenters. The van der Waals surface area contributed by atoms with E-state index in [9.17, 15) is 23.5 Å². The van der Waals surface area contributed by atoms with Gasteiger partial charge in [-0.3, -0.25) is 4.79 Å². The summed E-state index contributed by atoms with van der Waals surface area (Å²) in [5.41, 5.74) is 1.61. The summed E-state index contributed by atoms with van der Waals surface area (Å²) in [6, 6.07) is 9.29. The Labute approximate surface area is 202 Å². The molecule has 6 nitrogen and oxygen atoms in total. The number of anilines is 1. The van der Waals surface area contributed by atoms with Gasteiger partial charge in [0.2, 0.25) is 5.91 Å². The van der Waals surface area contributed by atoms with Crippen LogP contribution in [0.15, 0.2) is 42.5 Å². The summed E-state index contributed by atoms with van der Waals surface area (Å²) in [6.07, 6.45) is 4.80. The Morgan fingerprint density at radius 2 is 1.86 bits per heavy atom. The van der Waals surface area contributed by atoms with Crippen LogP contribution in [0.25, 0.3) is 0 Å². The normalized spacial score (nSPS) is 23.9. The number of benzene rings is 2. The van der Waals surface area contributed by atoms with Gasteiger partial charge in [-0.15, -0.1) is 0 Å². The molecule has 3 amide bonds. The van der Waals surface area contributed by atoms with Gasteiger partial charge in [0.25, 0.3) is 0 Å². The van der Waals surface area contributed by atoms with Crippen molar-refractivity contribution in [2.45, 2.75) is 43.7 Å². The Hall–Kier alpha value is -3.44. The average Bonchev–Trinajstić information content (AvgIpc) is 3.36. The number of halogens is 2. The van der Waals surface area contributed by atoms with E-state index in [-0.39, 0.29) is 49.3 Å². The molecule has 2 saturated heterocycles. The van der Waals surface area contributed by atoms with Gasteiger partial charge < -0.3 is 20.2 Å². The van der Waals surface area contributed by atoms with Crippen LogP contribution in [0.2, 0.25) is 0 Å². The van der Waals surface area contributed by atoms with E-state index >= 15 is 0 Å². The van der Waals surface area contributed by atoms with Crippen LogP contribution in [0.3, 0.4) is 0 Å². The lowest BCUT2D eigenvalue weighted by Crippen LogP contribution is -2.73. The Morgan fingerprint density at radius 1 is 1.11 bits per heavy atom. The first-order valence-electron chi connectivity index (χ1n) is 12.0. The molecule has 0 bridgehead atoms. The zero-order valence-corrected chi connectivity index (χ0v) is 19.2. The second kappa shape index (κ2) is 9.67. The number of urea groups is 1. The second-order valence-corrected chi connectivity index (χ2v) is 9.45. The van der Waals surface area contributed by atoms with Gasteiger partial charge in [0, 0.05) is 30.0 Å². The first-order chi connectivity index (χ1) is 16.9. The molecular formula is C27H27F2N3O3. The molecule has 3 fully saturated rings. The Balaban J connectivity index is 1.30. The number of nitrogens with zero attached hydrogens (tertiary/aromatic N) is 2. The largest absolute Gasteiger partial charge is 0.394 e. The van der Waals surface area contributed by atoms with E-state index in [1.807, 2.05) is 24.3 Å². The van der Waals surface area contributed by atoms with Gasteiger partial charge in [-0.25, -0.2) is 13.6 Å². The van der Waals surface area contributed by atoms with Gasteiger partial charge in [0.05, 0.1) is 24.4 Å². The second-order valence-electron chi connectivity index (χ2n) is 9.45. The summed E-state index contributed by atoms with van der Waals surface area (Å²) in [5, 5.41) is 12.3. The first kappa shape index (κ1) is 23.3. The zero-order chi connectivity index (χ0) is 24.5. The minimum absolute atomic E-state index is 0.151. The van der Waals surface area contributed by atoms with Crippen LogP contribution in [-0.2, 0) is 4.79 Å². The third-order valence-electron chi connectivity index (χ3n) is 7.28. The zero-order valence-electron chi connectivity index (χ0n) is 19.2. The number of carbonyl (C=O) groups excluding carboxylic acids is 2. The molecule has 2 aromatic carbocycles. The number of nitrogens with one attached hydrogen (secondary N) is 1. The first-order valence-corrected chi connectivity index (χ1v) is 12.0. The molecule has 3 aliphatic rings. The van der Waals surface area contributed by atoms with Crippen molar-refractivity contribution in [2.24, 2.45) is 5.92 Å². The van der Waals surface area contributed by atoms with Crippen LogP contribution in [0, 0.1) is 29.4 Å². The van der Waals surface area contributed by atoms with E-state index in [2.05, 4.69) is 17.2 Å². The number of piperazine rings is 1. The van der Waals surface area contributed by atoms with Gasteiger partial charge >= 0.3 is 6.03 Å². The standard InChI is InChI=1S/C27H27F2N3O3/c28-20-11-12-21(29)22(13-20)30-27(35)31-14-23-26(24(16-33)32(23)25(34)15-31)19-9-7-18(8-10-19)6-5-17-3-1-2-4-17/h7-13,17,23-24,26,33H,1-4,14-16H2,(H,30,35)/t23-,24+,26-/m0/s1. The molecule has 2 N–H and O–H groups in total. The van der Waals surface area contributed by atoms with Crippen molar-refractivity contribution < 1.29 is 23.5 Å². The minimum atomic E-state index is -0.761. The number of fused-ring (bicyclic) bond motifs is 1. The molecule has 8 heteroatoms. The van der Waals surface area contributed by atoms with Crippen molar-refractivity contribution in [2.75, 3.05) is 25.0 Å². The summed E-state index contributed by atoms with van der Waals surface area (Å²) in [7, 11) is 0. The highest BCUT2D eigenvalue weighted by atomic mass is 19.1. The summed E-state index contributed by atoms with van der Waals surface area (Å²) < 4.78 is 27.4. The fourth-order valence-electron chi connectivity index (χ4n) is 5.49. The minimum Gasteiger partial charge on any atom is -0.394 e. The van der Waals surface area contributed by atoms with Gasteiger partial charge in [-0.1, -0.05) is 36.8 Å². The van der Waals surface area contributed by atoms with Crippen LogP contribution in [0.5, 0.6) is 0 Å². The average molecular weight is 480 g/mol. The van der Waals surface area contributed by atoms with Crippen LogP contribution < -0.4 is 5.32 Å². The van der Waals surface area contributed by atoms with Crippen molar-refractivity contribution in [1.29, 1.82) is 0 Å². The SMILES string of the molecule is O=C(Nc1cc(F)ccc1F)N1CC(=O)N2[C@H](CO)[C@@H](c3ccc(C#CC4CCCC4)cc3)[C@@H]2C1. The molecule has 0 unspecified atom stereocenters. The molecule has 2 aromatic rings. The maximum absolute atomic E-state index is 14.0. The Bertz CT molecular complexity index is 1180. The highest BCUT2D eigenvalue weighted by Crippen LogP contribution is 2.43. The van der Waals surface area contributed by atoms with Crippen LogP contribution >= 0.6 is 0 Å². The topological polar surface area (TPSA) is 72.9 Å². The van der Waals surface area contributed by atoms with Crippen molar-refractivity contribution in [3.05, 3.63) is 65.2 Å². The van der Waals surface area contributed by atoms with E-state index in [1.165, 1.54) is 17.7 Å². The van der Waals surface area contributed by atoms with Gasteiger partial charge in [-0.2, -0.15) is 0 Å². The van der Waals surface area contributed by atoms with Crippen molar-refractivity contribution in [1.82, 2.24) is 9.80 Å². The molecule has 2 aliphatic heterocycles. The number of hydrogen-bond acceptors (Lipinski definition) is 3. The maximum atomic E-state index is 14.0. The predicted molar refractivity (Wildman–Crippen MR) is 126 cm³/mol. The molecule has 35 heavy (non-hydrogen) atoms. The number of aliphatic hydroxyl groups is 1. The number of aliphatic hydroxyl groups excluding tert-OH is 1. The molecule has 0 aromatic heterocycles. The van der Waals surface area contributed by atoms with Crippen molar-refractivity contribution >= 4 is 17.6 Å². The Kier molecular flexibility index (Phi) is 6.44. The van der Waals surface area contributed by atoms with E-state index in [0.29, 0.717) is 5.92 Å². The number of amides is 3. The number of rotatable bonds is 3. The molecule has 5 rings (SSSR count). The smallest absolute Gasteiger partial charge is 0.322 e. The van der Waals surface area contributed by atoms with Crippen LogP contribution in [0.4, 0.5) is 19.3 Å². The lowest BCUT2D eigenvalue weighted by atomic mass is 9.73. The summed E-state index contributed by atoms with van der Waals surface area (Å²) in [4.78, 5) is 28.5. The van der Waals surface area contributed by atoms with Crippen molar-refractivity contribution in [3.8, 4) is 11.8 Å². The van der Waals surface area contributed by atoms with Gasteiger partial charge in [0.15, 0.2) is 0 Å². The molecular weight excluding hydrogens is 452 g/mol. The molecule has 0 radical (unpaired) electrons. The lowest BCUT2D eigenvalue weighted by molar-refractivity contribution is -0.159. The highest BCUT2D eigenvalue weighted by Gasteiger charge is 2.54. The van der Waals surface area contributed by atoms with E-state index in [4.69, 9.17) is 0 Å². The molecule has 1 saturated carbocycles. The van der Waals surface area contributed by atoms with E-state index in [1.54, 1.807) is 4.90 Å². The van der Waals surface area contributed by atoms with E-state index < -0.39 is 17.7 Å². The lowest BCUT2D eigenvalue weighted by Gasteiger charge is -2.58. The molecule has 0 spiro atoms. The van der Waals surface area contributed by atoms with Gasteiger partial charge in [-0.05, 0) is 42.7 Å². The number of hydrogen-bond donors (Lipinski definition) is 2. The van der Waals surface area contributed by atoms with Crippen molar-refractivity contribution in [3.63, 3.8) is 0 Å². The molecule has 182 valence electrons. The quantitative estimate of drug-likeness (QED) is 0.660. The van der Waals surface area contributed by atoms with Crippen LogP contribution in [0.1, 0.15) is 42.7 Å². The highest BCUT2D eigenvalue weighted by molar-refractivity contribution is 5.94. The predicted octanol–water partition coefficient (Wildman–Crippen LogP) is 3.71. The van der Waals surface area contributed by atoms with Gasteiger partial charge in [0.1, 0.15) is 18.2 Å². The number of carbonyl (C=O) groups is 2. The third-order valence-corrected chi connectivity index (χ3v) is 7.28. The summed E-state index contributed by atoms with van der Waals surface area (Å²) in [6.45, 7) is -0.159. The molecule has 2 heterocycles. The monoisotopic (exact) mass is 479 g/mol. The van der Waals surface area contributed by atoms with Crippen LogP contribution in [-0.4, -0.2) is 58.6 Å². The summed E-state index contributed by atoms with van der Waals surface area (Å²) >= 11 is 0. The maximum Gasteiger partial charge on any atom is 0.322 e. The molecule has 1 aliphatic carbocycles. The third kappa shape index (κ3) is 4.61. The Morgan fingerprint density at radius 3 is 2.57 bits per heavy atom. The fourth-order valence-corrected chi connectivity index (χ4v) is 5.49.